The summed E-state index contributed by atoms with van der Waals surface area (Å²) in [4.78, 5) is 8.58. The molecule has 0 aromatic carbocycles. The van der Waals surface area contributed by atoms with Gasteiger partial charge in [-0.1, -0.05) is 19.9 Å². The summed E-state index contributed by atoms with van der Waals surface area (Å²) in [5.74, 6) is 1.39. The Labute approximate surface area is 110 Å². The maximum absolute atomic E-state index is 4.35. The number of guanidine groups is 1. The largest absolute Gasteiger partial charge is 0.354 e. The maximum Gasteiger partial charge on any atom is 0.191 e. The lowest BCUT2D eigenvalue weighted by atomic mass is 10.1. The molecule has 4 nitrogen and oxygen atoms in total. The van der Waals surface area contributed by atoms with Gasteiger partial charge in [0.05, 0.1) is 12.2 Å². The summed E-state index contributed by atoms with van der Waals surface area (Å²) in [7, 11) is 1.79. The Morgan fingerprint density at radius 1 is 1.39 bits per heavy atom. The second kappa shape index (κ2) is 6.99. The molecule has 1 heterocycles. The molecule has 18 heavy (non-hydrogen) atoms. The van der Waals surface area contributed by atoms with Gasteiger partial charge in [-0.15, -0.1) is 0 Å². The highest BCUT2D eigenvalue weighted by Crippen LogP contribution is 2.03. The van der Waals surface area contributed by atoms with Crippen LogP contribution in [0.5, 0.6) is 0 Å². The minimum atomic E-state index is 0.390. The van der Waals surface area contributed by atoms with E-state index in [0.717, 1.165) is 11.7 Å². The zero-order valence-corrected chi connectivity index (χ0v) is 12.0. The van der Waals surface area contributed by atoms with Gasteiger partial charge in [0, 0.05) is 19.3 Å². The Morgan fingerprint density at radius 3 is 2.67 bits per heavy atom. The number of aliphatic imine (C=N–C) groups is 1. The number of pyridine rings is 1. The molecule has 1 rings (SSSR count). The number of hydrogen-bond donors (Lipinski definition) is 2. The highest BCUT2D eigenvalue weighted by Gasteiger charge is 2.09. The van der Waals surface area contributed by atoms with Crippen LogP contribution in [0.3, 0.4) is 0 Å². The van der Waals surface area contributed by atoms with Crippen molar-refractivity contribution in [3.63, 3.8) is 0 Å². The number of hydrogen-bond acceptors (Lipinski definition) is 2. The molecule has 0 aliphatic carbocycles. The summed E-state index contributed by atoms with van der Waals surface area (Å²) < 4.78 is 0. The lowest BCUT2D eigenvalue weighted by Crippen LogP contribution is -2.44. The first-order chi connectivity index (χ1) is 8.54. The molecule has 4 heteroatoms. The number of aromatic nitrogens is 1. The van der Waals surface area contributed by atoms with Gasteiger partial charge in [0.15, 0.2) is 5.96 Å². The minimum Gasteiger partial charge on any atom is -0.354 e. The molecule has 1 atom stereocenters. The van der Waals surface area contributed by atoms with Crippen molar-refractivity contribution in [1.82, 2.24) is 15.6 Å². The van der Waals surface area contributed by atoms with Crippen molar-refractivity contribution < 1.29 is 0 Å². The van der Waals surface area contributed by atoms with E-state index in [9.17, 15) is 0 Å². The molecule has 1 unspecified atom stereocenters. The van der Waals surface area contributed by atoms with Crippen LogP contribution in [0.15, 0.2) is 23.3 Å². The number of nitrogens with one attached hydrogen (secondary N) is 2. The first-order valence-electron chi connectivity index (χ1n) is 6.42. The normalized spacial score (nSPS) is 13.6. The monoisotopic (exact) mass is 248 g/mol. The Morgan fingerprint density at radius 2 is 2.11 bits per heavy atom. The zero-order valence-electron chi connectivity index (χ0n) is 12.0. The first-order valence-corrected chi connectivity index (χ1v) is 6.42. The van der Waals surface area contributed by atoms with E-state index in [0.29, 0.717) is 18.5 Å². The van der Waals surface area contributed by atoms with Crippen LogP contribution in [-0.2, 0) is 6.54 Å². The van der Waals surface area contributed by atoms with Gasteiger partial charge in [0.25, 0.3) is 0 Å². The molecule has 0 bridgehead atoms. The second-order valence-electron chi connectivity index (χ2n) is 4.87. The Bertz CT molecular complexity index is 399. The molecule has 0 saturated heterocycles. The van der Waals surface area contributed by atoms with Gasteiger partial charge in [0.2, 0.25) is 0 Å². The van der Waals surface area contributed by atoms with Crippen molar-refractivity contribution in [1.29, 1.82) is 0 Å². The van der Waals surface area contributed by atoms with Gasteiger partial charge >= 0.3 is 0 Å². The third-order valence-corrected chi connectivity index (χ3v) is 3.13. The standard InChI is InChI=1S/C14H24N4/c1-10(2)12(4)18-14(15-5)17-9-13-11(3)7-6-8-16-13/h6-8,10,12H,9H2,1-5H3,(H2,15,17,18). The maximum atomic E-state index is 4.35. The van der Waals surface area contributed by atoms with Crippen molar-refractivity contribution >= 4 is 5.96 Å². The molecule has 0 aliphatic rings. The fraction of sp³-hybridized carbons (Fsp3) is 0.571. The van der Waals surface area contributed by atoms with E-state index in [4.69, 9.17) is 0 Å². The number of rotatable bonds is 4. The Balaban J connectivity index is 2.53. The van der Waals surface area contributed by atoms with E-state index in [2.05, 4.69) is 54.4 Å². The van der Waals surface area contributed by atoms with E-state index < -0.39 is 0 Å². The van der Waals surface area contributed by atoms with Crippen LogP contribution in [0.2, 0.25) is 0 Å². The average molecular weight is 248 g/mol. The van der Waals surface area contributed by atoms with Crippen LogP contribution in [0.25, 0.3) is 0 Å². The number of aryl methyl sites for hydroxylation is 1. The van der Waals surface area contributed by atoms with Gasteiger partial charge in [-0.25, -0.2) is 0 Å². The Kier molecular flexibility index (Phi) is 5.62. The Hall–Kier alpha value is -1.58. The third kappa shape index (κ3) is 4.35. The lowest BCUT2D eigenvalue weighted by molar-refractivity contribution is 0.480. The lowest BCUT2D eigenvalue weighted by Gasteiger charge is -2.20. The summed E-state index contributed by atoms with van der Waals surface area (Å²) in [6, 6.07) is 4.41. The average Bonchev–Trinajstić information content (AvgIpc) is 2.35. The highest BCUT2D eigenvalue weighted by molar-refractivity contribution is 5.79. The summed E-state index contributed by atoms with van der Waals surface area (Å²) in [5, 5.41) is 6.66. The van der Waals surface area contributed by atoms with Crippen LogP contribution in [0, 0.1) is 12.8 Å². The van der Waals surface area contributed by atoms with E-state index in [1.54, 1.807) is 7.05 Å². The molecule has 100 valence electrons. The topological polar surface area (TPSA) is 49.3 Å². The molecule has 0 amide bonds. The van der Waals surface area contributed by atoms with Gasteiger partial charge in [-0.3, -0.25) is 9.98 Å². The van der Waals surface area contributed by atoms with Crippen LogP contribution in [-0.4, -0.2) is 24.0 Å². The fourth-order valence-electron chi connectivity index (χ4n) is 1.45. The summed E-state index contributed by atoms with van der Waals surface area (Å²) in [6.07, 6.45) is 1.82. The quantitative estimate of drug-likeness (QED) is 0.634. The van der Waals surface area contributed by atoms with Gasteiger partial charge in [0.1, 0.15) is 0 Å². The highest BCUT2D eigenvalue weighted by atomic mass is 15.2. The van der Waals surface area contributed by atoms with E-state index in [1.807, 2.05) is 12.3 Å². The van der Waals surface area contributed by atoms with E-state index >= 15 is 0 Å². The van der Waals surface area contributed by atoms with Gasteiger partial charge in [-0.05, 0) is 31.4 Å². The van der Waals surface area contributed by atoms with Crippen molar-refractivity contribution in [2.45, 2.75) is 40.3 Å². The van der Waals surface area contributed by atoms with Crippen LogP contribution in [0.1, 0.15) is 32.0 Å². The third-order valence-electron chi connectivity index (χ3n) is 3.13. The first kappa shape index (κ1) is 14.5. The molecule has 0 radical (unpaired) electrons. The molecular formula is C14H24N4. The van der Waals surface area contributed by atoms with Crippen molar-refractivity contribution in [3.8, 4) is 0 Å². The predicted octanol–water partition coefficient (Wildman–Crippen LogP) is 2.10. The van der Waals surface area contributed by atoms with Crippen LogP contribution >= 0.6 is 0 Å². The van der Waals surface area contributed by atoms with Crippen LogP contribution < -0.4 is 10.6 Å². The fourth-order valence-corrected chi connectivity index (χ4v) is 1.45. The molecule has 0 aliphatic heterocycles. The van der Waals surface area contributed by atoms with Crippen molar-refractivity contribution in [3.05, 3.63) is 29.6 Å². The molecule has 0 fully saturated rings. The van der Waals surface area contributed by atoms with Crippen molar-refractivity contribution in [2.24, 2.45) is 10.9 Å². The predicted molar refractivity (Wildman–Crippen MR) is 76.6 cm³/mol. The minimum absolute atomic E-state index is 0.390. The van der Waals surface area contributed by atoms with Gasteiger partial charge < -0.3 is 10.6 Å². The number of nitrogens with zero attached hydrogens (tertiary/aromatic N) is 2. The molecule has 1 aromatic rings. The van der Waals surface area contributed by atoms with Crippen molar-refractivity contribution in [2.75, 3.05) is 7.05 Å². The summed E-state index contributed by atoms with van der Waals surface area (Å²) in [6.45, 7) is 9.29. The molecular weight excluding hydrogens is 224 g/mol. The van der Waals surface area contributed by atoms with Gasteiger partial charge in [-0.2, -0.15) is 0 Å². The molecule has 0 saturated carbocycles. The smallest absolute Gasteiger partial charge is 0.191 e. The second-order valence-corrected chi connectivity index (χ2v) is 4.87. The molecule has 2 N–H and O–H groups in total. The van der Waals surface area contributed by atoms with Crippen LogP contribution in [0.4, 0.5) is 0 Å². The van der Waals surface area contributed by atoms with E-state index in [-0.39, 0.29) is 0 Å². The molecule has 1 aromatic heterocycles. The summed E-state index contributed by atoms with van der Waals surface area (Å²) in [5.41, 5.74) is 2.25. The SMILES string of the molecule is CN=C(NCc1ncccc1C)NC(C)C(C)C. The zero-order chi connectivity index (χ0) is 13.5. The van der Waals surface area contributed by atoms with E-state index in [1.165, 1.54) is 5.56 Å². The summed E-state index contributed by atoms with van der Waals surface area (Å²) >= 11 is 0. The molecule has 0 spiro atoms.